The largest absolute Gasteiger partial charge is 0.442 e. The molecule has 3 rings (SSSR count). The van der Waals surface area contributed by atoms with Crippen LogP contribution in [0, 0.1) is 17.8 Å². The van der Waals surface area contributed by atoms with E-state index in [1.165, 1.54) is 6.92 Å². The van der Waals surface area contributed by atoms with Crippen molar-refractivity contribution in [1.82, 2.24) is 4.42 Å². The second-order valence-electron chi connectivity index (χ2n) is 9.31. The zero-order valence-electron chi connectivity index (χ0n) is 18.3. The van der Waals surface area contributed by atoms with E-state index in [1.807, 2.05) is 0 Å². The van der Waals surface area contributed by atoms with E-state index in [2.05, 4.69) is 27.7 Å². The molecule has 0 N–H and O–H groups in total. The monoisotopic (exact) mass is 431 g/mol. The minimum Gasteiger partial charge on any atom is -0.442 e. The number of nitrogens with zero attached hydrogens (tertiary/aromatic N) is 1. The van der Waals surface area contributed by atoms with E-state index >= 15 is 0 Å². The van der Waals surface area contributed by atoms with Crippen molar-refractivity contribution in [2.45, 2.75) is 89.8 Å². The first kappa shape index (κ1) is 22.8. The van der Waals surface area contributed by atoms with E-state index in [4.69, 9.17) is 30.7 Å². The van der Waals surface area contributed by atoms with Gasteiger partial charge in [-0.3, -0.25) is 4.79 Å². The molecule has 0 unspecified atom stereocenters. The van der Waals surface area contributed by atoms with Crippen LogP contribution in [-0.4, -0.2) is 59.7 Å². The van der Waals surface area contributed by atoms with E-state index in [9.17, 15) is 9.59 Å². The zero-order valence-corrected chi connectivity index (χ0v) is 19.0. The fourth-order valence-corrected chi connectivity index (χ4v) is 5.20. The number of hydrogen-bond donors (Lipinski definition) is 0. The van der Waals surface area contributed by atoms with Crippen LogP contribution < -0.4 is 0 Å². The summed E-state index contributed by atoms with van der Waals surface area (Å²) in [5.74, 6) is 0.0212. The predicted octanol–water partition coefficient (Wildman–Crippen LogP) is 3.92. The maximum Gasteiger partial charge on any atom is 0.432 e. The van der Waals surface area contributed by atoms with Crippen LogP contribution in [0.3, 0.4) is 0 Å². The van der Waals surface area contributed by atoms with Gasteiger partial charge in [0.15, 0.2) is 0 Å². The molecule has 0 aromatic carbocycles. The number of methoxy groups -OCH3 is 1. The van der Waals surface area contributed by atoms with E-state index < -0.39 is 24.2 Å². The molecule has 1 aliphatic carbocycles. The van der Waals surface area contributed by atoms with Gasteiger partial charge in [-0.1, -0.05) is 20.8 Å². The van der Waals surface area contributed by atoms with Gasteiger partial charge in [-0.15, -0.1) is 0 Å². The van der Waals surface area contributed by atoms with Crippen molar-refractivity contribution in [3.05, 3.63) is 0 Å². The highest BCUT2D eigenvalue weighted by atomic mass is 35.5. The summed E-state index contributed by atoms with van der Waals surface area (Å²) in [4.78, 5) is 23.9. The summed E-state index contributed by atoms with van der Waals surface area (Å²) < 4.78 is 24.3. The summed E-state index contributed by atoms with van der Waals surface area (Å²) in [6.45, 7) is 10.5. The third-order valence-corrected chi connectivity index (χ3v) is 7.25. The van der Waals surface area contributed by atoms with Crippen molar-refractivity contribution in [3.63, 3.8) is 0 Å². The third kappa shape index (κ3) is 4.29. The van der Waals surface area contributed by atoms with Gasteiger partial charge in [-0.25, -0.2) is 4.79 Å². The molecule has 0 aromatic rings. The molecule has 166 valence electrons. The van der Waals surface area contributed by atoms with Gasteiger partial charge < -0.3 is 18.9 Å². The molecule has 1 saturated carbocycles. The number of halogens is 1. The van der Waals surface area contributed by atoms with Crippen LogP contribution >= 0.6 is 11.8 Å². The summed E-state index contributed by atoms with van der Waals surface area (Å²) in [7, 11) is 1.63. The fraction of sp³-hybridized carbons (Fsp3) is 0.905. The summed E-state index contributed by atoms with van der Waals surface area (Å²) in [6, 6.07) is 0. The molecule has 2 amide bonds. The molecule has 29 heavy (non-hydrogen) atoms. The van der Waals surface area contributed by atoms with E-state index in [0.29, 0.717) is 16.9 Å². The molecule has 0 bridgehead atoms. The van der Waals surface area contributed by atoms with Crippen molar-refractivity contribution < 1.29 is 28.5 Å². The predicted molar refractivity (Wildman–Crippen MR) is 107 cm³/mol. The second-order valence-corrected chi connectivity index (χ2v) is 9.65. The Morgan fingerprint density at radius 1 is 1.31 bits per heavy atom. The van der Waals surface area contributed by atoms with Gasteiger partial charge in [-0.2, -0.15) is 4.42 Å². The van der Waals surface area contributed by atoms with E-state index in [-0.39, 0.29) is 29.1 Å². The highest BCUT2D eigenvalue weighted by molar-refractivity contribution is 6.28. The van der Waals surface area contributed by atoms with E-state index in [1.54, 1.807) is 7.11 Å². The van der Waals surface area contributed by atoms with Crippen molar-refractivity contribution in [2.75, 3.05) is 13.7 Å². The molecule has 1 spiro atoms. The maximum absolute atomic E-state index is 12.4. The van der Waals surface area contributed by atoms with Gasteiger partial charge in [0, 0.05) is 31.7 Å². The van der Waals surface area contributed by atoms with Gasteiger partial charge in [-0.05, 0) is 38.5 Å². The Bertz CT molecular complexity index is 639. The smallest absolute Gasteiger partial charge is 0.432 e. The Balaban J connectivity index is 1.82. The molecule has 2 aliphatic heterocycles. The van der Waals surface area contributed by atoms with E-state index in [0.717, 1.165) is 25.7 Å². The molecule has 2 heterocycles. The van der Waals surface area contributed by atoms with Crippen LogP contribution in [0.15, 0.2) is 0 Å². The number of hydrogen-bond acceptors (Lipinski definition) is 6. The third-order valence-electron chi connectivity index (χ3n) is 6.88. The van der Waals surface area contributed by atoms with Crippen molar-refractivity contribution in [3.8, 4) is 0 Å². The number of amides is 2. The van der Waals surface area contributed by atoms with Crippen LogP contribution in [0.4, 0.5) is 4.79 Å². The van der Waals surface area contributed by atoms with Crippen LogP contribution in [0.5, 0.6) is 0 Å². The highest BCUT2D eigenvalue weighted by Gasteiger charge is 2.73. The molecule has 8 heteroatoms. The summed E-state index contributed by atoms with van der Waals surface area (Å²) >= 11 is 5.79. The first-order chi connectivity index (χ1) is 13.6. The summed E-state index contributed by atoms with van der Waals surface area (Å²) in [5, 5.41) is 0. The minimum atomic E-state index is -0.866. The van der Waals surface area contributed by atoms with Gasteiger partial charge in [0.1, 0.15) is 23.4 Å². The molecule has 0 aromatic heterocycles. The number of epoxide rings is 2. The summed E-state index contributed by atoms with van der Waals surface area (Å²) in [6.07, 6.45) is 2.00. The second kappa shape index (κ2) is 8.33. The number of carbonyl (C=O) groups excluding carboxylic acids is 2. The fourth-order valence-electron chi connectivity index (χ4n) is 5.16. The van der Waals surface area contributed by atoms with Crippen LogP contribution in [0.1, 0.15) is 60.3 Å². The molecule has 2 saturated heterocycles. The van der Waals surface area contributed by atoms with Gasteiger partial charge >= 0.3 is 6.09 Å². The van der Waals surface area contributed by atoms with Crippen LogP contribution in [0.2, 0.25) is 0 Å². The molecule has 7 nitrogen and oxygen atoms in total. The lowest BCUT2D eigenvalue weighted by molar-refractivity contribution is -0.146. The Hall–Kier alpha value is -0.890. The van der Waals surface area contributed by atoms with Crippen LogP contribution in [-0.2, 0) is 23.7 Å². The lowest BCUT2D eigenvalue weighted by Gasteiger charge is -2.46. The topological polar surface area (TPSA) is 80.9 Å². The quantitative estimate of drug-likeness (QED) is 0.449. The average Bonchev–Trinajstić information content (AvgIpc) is 3.57. The average molecular weight is 432 g/mol. The van der Waals surface area contributed by atoms with Crippen molar-refractivity contribution in [1.29, 1.82) is 0 Å². The molecule has 3 fully saturated rings. The number of imide groups is 1. The zero-order chi connectivity index (χ0) is 21.6. The molecular weight excluding hydrogens is 398 g/mol. The standard InChI is InChI=1S/C21H34ClNO6/c1-7-14-10-21(11-27-21)18(20(5)15(29-20)9-8-12(2)3)17(26-6)16(14)28-19(25)23(22)13(4)24/h12,14-18H,7-11H2,1-6H3/t14-,15-,16-,17-,18-,20+,21+/m1/s1. The van der Waals surface area contributed by atoms with Crippen molar-refractivity contribution >= 4 is 23.8 Å². The van der Waals surface area contributed by atoms with Gasteiger partial charge in [0.2, 0.25) is 5.91 Å². The Kier molecular flexibility index (Phi) is 6.54. The number of rotatable bonds is 7. The molecular formula is C21H34ClNO6. The SMILES string of the molecule is CC[C@@H]1C[C@]2(CO2)[C@@H]([C@@]2(C)O[C@@H]2CCC(C)C)[C@H](OC)[C@@H]1OC(=O)N(Cl)C(C)=O. The Morgan fingerprint density at radius 3 is 2.45 bits per heavy atom. The van der Waals surface area contributed by atoms with Crippen molar-refractivity contribution in [2.24, 2.45) is 17.8 Å². The van der Waals surface area contributed by atoms with Crippen LogP contribution in [0.25, 0.3) is 0 Å². The Labute approximate surface area is 178 Å². The maximum atomic E-state index is 12.4. The molecule has 7 atom stereocenters. The molecule has 0 radical (unpaired) electrons. The lowest BCUT2D eigenvalue weighted by atomic mass is 9.64. The normalized spacial score (nSPS) is 40.8. The minimum absolute atomic E-state index is 0.0520. The molecule has 3 aliphatic rings. The highest BCUT2D eigenvalue weighted by Crippen LogP contribution is 2.61. The first-order valence-electron chi connectivity index (χ1n) is 10.6. The summed E-state index contributed by atoms with van der Waals surface area (Å²) in [5.41, 5.74) is -0.677. The number of ether oxygens (including phenoxy) is 4. The Morgan fingerprint density at radius 2 is 1.97 bits per heavy atom. The number of carbonyl (C=O) groups is 2. The van der Waals surface area contributed by atoms with Gasteiger partial charge in [0.05, 0.1) is 18.6 Å². The lowest BCUT2D eigenvalue weighted by Crippen LogP contribution is -2.59. The van der Waals surface area contributed by atoms with Gasteiger partial charge in [0.25, 0.3) is 0 Å². The first-order valence-corrected chi connectivity index (χ1v) is 10.9.